The highest BCUT2D eigenvalue weighted by Crippen LogP contribution is 2.17. The maximum Gasteiger partial charge on any atom is 0.0700 e. The highest BCUT2D eigenvalue weighted by molar-refractivity contribution is 4.78. The van der Waals surface area contributed by atoms with E-state index < -0.39 is 0 Å². The number of rotatable bonds is 12. The van der Waals surface area contributed by atoms with Gasteiger partial charge in [0.2, 0.25) is 0 Å². The van der Waals surface area contributed by atoms with Crippen LogP contribution in [0.25, 0.3) is 0 Å². The van der Waals surface area contributed by atoms with Crippen molar-refractivity contribution in [1.29, 1.82) is 0 Å². The molecular weight excluding hydrogens is 246 g/mol. The molecule has 1 fully saturated rings. The van der Waals surface area contributed by atoms with E-state index >= 15 is 0 Å². The molecule has 5 nitrogen and oxygen atoms in total. The first-order valence-corrected chi connectivity index (χ1v) is 7.34. The van der Waals surface area contributed by atoms with Gasteiger partial charge in [0.05, 0.1) is 26.4 Å². The van der Waals surface area contributed by atoms with Crippen molar-refractivity contribution < 1.29 is 18.9 Å². The van der Waals surface area contributed by atoms with Gasteiger partial charge in [-0.25, -0.2) is 0 Å². The second kappa shape index (κ2) is 11.6. The van der Waals surface area contributed by atoms with Crippen molar-refractivity contribution in [2.75, 3.05) is 59.9 Å². The molecule has 1 rings (SSSR count). The summed E-state index contributed by atoms with van der Waals surface area (Å²) in [6, 6.07) is 0.418. The van der Waals surface area contributed by atoms with E-state index in [-0.39, 0.29) is 0 Å². The van der Waals surface area contributed by atoms with Crippen molar-refractivity contribution in [3.8, 4) is 0 Å². The van der Waals surface area contributed by atoms with Gasteiger partial charge in [-0.15, -0.1) is 0 Å². The van der Waals surface area contributed by atoms with E-state index in [0.29, 0.717) is 25.2 Å². The van der Waals surface area contributed by atoms with Gasteiger partial charge in [-0.05, 0) is 19.4 Å². The number of methoxy groups -OCH3 is 1. The second-order valence-electron chi connectivity index (χ2n) is 4.82. The highest BCUT2D eigenvalue weighted by Gasteiger charge is 2.24. The molecule has 1 heterocycles. The van der Waals surface area contributed by atoms with Crippen LogP contribution in [0.2, 0.25) is 0 Å². The summed E-state index contributed by atoms with van der Waals surface area (Å²) in [5, 5.41) is 3.49. The largest absolute Gasteiger partial charge is 0.382 e. The van der Waals surface area contributed by atoms with Crippen LogP contribution in [0, 0.1) is 5.92 Å². The maximum atomic E-state index is 5.74. The van der Waals surface area contributed by atoms with Gasteiger partial charge in [-0.1, -0.05) is 6.92 Å². The molecule has 0 spiro atoms. The molecule has 1 aliphatic rings. The average molecular weight is 275 g/mol. The lowest BCUT2D eigenvalue weighted by atomic mass is 10.00. The smallest absolute Gasteiger partial charge is 0.0700 e. The molecule has 1 saturated heterocycles. The monoisotopic (exact) mass is 275 g/mol. The zero-order chi connectivity index (χ0) is 13.8. The summed E-state index contributed by atoms with van der Waals surface area (Å²) >= 11 is 0. The summed E-state index contributed by atoms with van der Waals surface area (Å²) in [6.07, 6.45) is 2.07. The van der Waals surface area contributed by atoms with Crippen LogP contribution in [0.5, 0.6) is 0 Å². The molecular formula is C14H29NO4. The lowest BCUT2D eigenvalue weighted by Crippen LogP contribution is -2.40. The van der Waals surface area contributed by atoms with Gasteiger partial charge in [0, 0.05) is 38.9 Å². The van der Waals surface area contributed by atoms with Crippen LogP contribution >= 0.6 is 0 Å². The molecule has 0 bridgehead atoms. The minimum Gasteiger partial charge on any atom is -0.382 e. The van der Waals surface area contributed by atoms with Crippen molar-refractivity contribution in [3.05, 3.63) is 0 Å². The Labute approximate surface area is 116 Å². The van der Waals surface area contributed by atoms with E-state index in [2.05, 4.69) is 12.2 Å². The molecule has 114 valence electrons. The van der Waals surface area contributed by atoms with Gasteiger partial charge in [-0.3, -0.25) is 0 Å². The van der Waals surface area contributed by atoms with E-state index in [1.54, 1.807) is 7.11 Å². The normalized spacial score (nSPS) is 20.8. The maximum absolute atomic E-state index is 5.74. The van der Waals surface area contributed by atoms with Crippen molar-refractivity contribution in [1.82, 2.24) is 5.32 Å². The summed E-state index contributed by atoms with van der Waals surface area (Å²) < 4.78 is 21.5. The SMILES string of the molecule is CCNC(COCCCOCCOC)C1CCOC1. The molecule has 0 aromatic rings. The summed E-state index contributed by atoms with van der Waals surface area (Å²) in [5.74, 6) is 0.595. The average Bonchev–Trinajstić information content (AvgIpc) is 2.94. The van der Waals surface area contributed by atoms with Crippen LogP contribution in [0.3, 0.4) is 0 Å². The standard InChI is InChI=1S/C14H29NO4/c1-3-15-14(13-5-8-19-11-13)12-18-7-4-6-17-10-9-16-2/h13-15H,3-12H2,1-2H3. The Bertz CT molecular complexity index is 198. The van der Waals surface area contributed by atoms with E-state index in [4.69, 9.17) is 18.9 Å². The topological polar surface area (TPSA) is 49.0 Å². The van der Waals surface area contributed by atoms with Gasteiger partial charge in [0.15, 0.2) is 0 Å². The molecule has 2 atom stereocenters. The first kappa shape index (κ1) is 16.9. The first-order valence-electron chi connectivity index (χ1n) is 7.34. The first-order chi connectivity index (χ1) is 9.38. The minimum absolute atomic E-state index is 0.418. The fraction of sp³-hybridized carbons (Fsp3) is 1.00. The molecule has 1 aliphatic heterocycles. The van der Waals surface area contributed by atoms with Crippen molar-refractivity contribution in [2.24, 2.45) is 5.92 Å². The van der Waals surface area contributed by atoms with E-state index in [1.807, 2.05) is 0 Å². The third-order valence-electron chi connectivity index (χ3n) is 3.31. The lowest BCUT2D eigenvalue weighted by Gasteiger charge is -2.23. The van der Waals surface area contributed by atoms with Crippen molar-refractivity contribution >= 4 is 0 Å². The fourth-order valence-electron chi connectivity index (χ4n) is 2.21. The minimum atomic E-state index is 0.418. The van der Waals surface area contributed by atoms with Crippen molar-refractivity contribution in [3.63, 3.8) is 0 Å². The summed E-state index contributed by atoms with van der Waals surface area (Å²) in [6.45, 7) is 8.43. The highest BCUT2D eigenvalue weighted by atomic mass is 16.5. The van der Waals surface area contributed by atoms with E-state index in [0.717, 1.165) is 52.4 Å². The number of hydrogen-bond donors (Lipinski definition) is 1. The van der Waals surface area contributed by atoms with Gasteiger partial charge in [-0.2, -0.15) is 0 Å². The Morgan fingerprint density at radius 2 is 2.05 bits per heavy atom. The predicted octanol–water partition coefficient (Wildman–Crippen LogP) is 1.07. The second-order valence-corrected chi connectivity index (χ2v) is 4.82. The fourth-order valence-corrected chi connectivity index (χ4v) is 2.21. The molecule has 1 N–H and O–H groups in total. The lowest BCUT2D eigenvalue weighted by molar-refractivity contribution is 0.0427. The molecule has 0 aromatic carbocycles. The van der Waals surface area contributed by atoms with Crippen LogP contribution in [-0.4, -0.2) is 65.9 Å². The molecule has 0 aromatic heterocycles. The molecule has 0 aliphatic carbocycles. The molecule has 5 heteroatoms. The number of hydrogen-bond acceptors (Lipinski definition) is 5. The predicted molar refractivity (Wildman–Crippen MR) is 74.5 cm³/mol. The quantitative estimate of drug-likeness (QED) is 0.540. The van der Waals surface area contributed by atoms with Crippen LogP contribution in [0.15, 0.2) is 0 Å². The summed E-state index contributed by atoms with van der Waals surface area (Å²) in [7, 11) is 1.68. The van der Waals surface area contributed by atoms with Gasteiger partial charge < -0.3 is 24.3 Å². The van der Waals surface area contributed by atoms with Gasteiger partial charge in [0.25, 0.3) is 0 Å². The Kier molecular flexibility index (Phi) is 10.3. The Balaban J connectivity index is 1.98. The van der Waals surface area contributed by atoms with Crippen LogP contribution in [0.4, 0.5) is 0 Å². The van der Waals surface area contributed by atoms with E-state index in [1.165, 1.54) is 0 Å². The molecule has 0 saturated carbocycles. The van der Waals surface area contributed by atoms with Gasteiger partial charge >= 0.3 is 0 Å². The number of likely N-dealkylation sites (N-methyl/N-ethyl adjacent to an activating group) is 1. The van der Waals surface area contributed by atoms with Crippen LogP contribution in [-0.2, 0) is 18.9 Å². The van der Waals surface area contributed by atoms with Gasteiger partial charge in [0.1, 0.15) is 0 Å². The van der Waals surface area contributed by atoms with Crippen molar-refractivity contribution in [2.45, 2.75) is 25.8 Å². The summed E-state index contributed by atoms with van der Waals surface area (Å²) in [4.78, 5) is 0. The Hall–Kier alpha value is -0.200. The Morgan fingerprint density at radius 3 is 2.74 bits per heavy atom. The molecule has 19 heavy (non-hydrogen) atoms. The number of ether oxygens (including phenoxy) is 4. The van der Waals surface area contributed by atoms with Crippen LogP contribution in [0.1, 0.15) is 19.8 Å². The third kappa shape index (κ3) is 7.84. The molecule has 0 amide bonds. The summed E-state index contributed by atoms with van der Waals surface area (Å²) in [5.41, 5.74) is 0. The molecule has 2 unspecified atom stereocenters. The zero-order valence-electron chi connectivity index (χ0n) is 12.4. The zero-order valence-corrected chi connectivity index (χ0v) is 12.4. The molecule has 0 radical (unpaired) electrons. The van der Waals surface area contributed by atoms with Crippen LogP contribution < -0.4 is 5.32 Å². The van der Waals surface area contributed by atoms with E-state index in [9.17, 15) is 0 Å². The number of nitrogens with one attached hydrogen (secondary N) is 1. The Morgan fingerprint density at radius 1 is 1.21 bits per heavy atom. The third-order valence-corrected chi connectivity index (χ3v) is 3.31.